The largest absolute Gasteiger partial charge is 0.356 e. The molecule has 1 amide bonds. The summed E-state index contributed by atoms with van der Waals surface area (Å²) < 4.78 is 0. The van der Waals surface area contributed by atoms with Crippen LogP contribution in [0.25, 0.3) is 0 Å². The number of nitrogens with one attached hydrogen (secondary N) is 1. The van der Waals surface area contributed by atoms with Gasteiger partial charge in [0.15, 0.2) is 0 Å². The number of amides is 1. The minimum Gasteiger partial charge on any atom is -0.356 e. The molecule has 0 aromatic heterocycles. The third kappa shape index (κ3) is 2.10. The van der Waals surface area contributed by atoms with Crippen molar-refractivity contribution in [1.82, 2.24) is 5.32 Å². The van der Waals surface area contributed by atoms with E-state index in [1.54, 1.807) is 0 Å². The Morgan fingerprint density at radius 3 is 2.44 bits per heavy atom. The average Bonchev–Trinajstić information content (AvgIpc) is 2.79. The van der Waals surface area contributed by atoms with Crippen LogP contribution >= 0.6 is 0 Å². The number of unbranched alkanes of at least 4 members (excludes halogenated alkanes) is 2. The molecule has 0 atom stereocenters. The maximum absolute atomic E-state index is 12.2. The Morgan fingerprint density at radius 2 is 1.94 bits per heavy atom. The van der Waals surface area contributed by atoms with E-state index in [0.29, 0.717) is 0 Å². The van der Waals surface area contributed by atoms with Crippen LogP contribution in [0.1, 0.15) is 58.3 Å². The van der Waals surface area contributed by atoms with Gasteiger partial charge in [0.1, 0.15) is 0 Å². The van der Waals surface area contributed by atoms with Crippen LogP contribution in [0.15, 0.2) is 0 Å². The van der Waals surface area contributed by atoms with Gasteiger partial charge in [0.05, 0.1) is 5.41 Å². The molecule has 0 saturated heterocycles. The fraction of sp³-hybridized carbons (Fsp3) is 0.923. The molecule has 3 heteroatoms. The van der Waals surface area contributed by atoms with E-state index in [4.69, 9.17) is 5.73 Å². The Morgan fingerprint density at radius 1 is 1.25 bits per heavy atom. The number of carbonyl (C=O) groups is 1. The van der Waals surface area contributed by atoms with Crippen LogP contribution in [0.4, 0.5) is 0 Å². The Balaban J connectivity index is 1.82. The summed E-state index contributed by atoms with van der Waals surface area (Å²) in [5.74, 6) is 0.272. The second-order valence-electron chi connectivity index (χ2n) is 5.78. The second kappa shape index (κ2) is 4.36. The topological polar surface area (TPSA) is 55.1 Å². The standard InChI is InChI=1S/C13H24N2O/c1-2-3-4-9-15-11(16)12-5-7-13(14,10-12)8-6-12/h2-10,14H2,1H3,(H,15,16). The van der Waals surface area contributed by atoms with Gasteiger partial charge < -0.3 is 11.1 Å². The summed E-state index contributed by atoms with van der Waals surface area (Å²) in [6.07, 6.45) is 8.50. The van der Waals surface area contributed by atoms with Crippen molar-refractivity contribution >= 4 is 5.91 Å². The molecule has 3 N–H and O–H groups in total. The highest BCUT2D eigenvalue weighted by Crippen LogP contribution is 2.55. The second-order valence-corrected chi connectivity index (χ2v) is 5.78. The first-order valence-corrected chi connectivity index (χ1v) is 6.67. The van der Waals surface area contributed by atoms with Crippen molar-refractivity contribution in [3.05, 3.63) is 0 Å². The van der Waals surface area contributed by atoms with Crippen LogP contribution in [0.2, 0.25) is 0 Å². The van der Waals surface area contributed by atoms with Gasteiger partial charge in [-0.05, 0) is 38.5 Å². The zero-order valence-electron chi connectivity index (χ0n) is 10.3. The van der Waals surface area contributed by atoms with Crippen molar-refractivity contribution in [3.63, 3.8) is 0 Å². The SMILES string of the molecule is CCCCCNC(=O)C12CCC(N)(CC1)C2. The lowest BCUT2D eigenvalue weighted by Gasteiger charge is -2.25. The molecule has 2 bridgehead atoms. The summed E-state index contributed by atoms with van der Waals surface area (Å²) in [6.45, 7) is 3.02. The Kier molecular flexibility index (Phi) is 3.24. The van der Waals surface area contributed by atoms with Crippen LogP contribution < -0.4 is 11.1 Å². The zero-order valence-corrected chi connectivity index (χ0v) is 10.3. The van der Waals surface area contributed by atoms with Crippen molar-refractivity contribution in [1.29, 1.82) is 0 Å². The number of nitrogens with two attached hydrogens (primary N) is 1. The van der Waals surface area contributed by atoms with Gasteiger partial charge >= 0.3 is 0 Å². The average molecular weight is 224 g/mol. The van der Waals surface area contributed by atoms with Gasteiger partial charge in [0, 0.05) is 12.1 Å². The molecule has 3 nitrogen and oxygen atoms in total. The number of carbonyl (C=O) groups excluding carboxylic acids is 1. The van der Waals surface area contributed by atoms with Crippen LogP contribution in [-0.2, 0) is 4.79 Å². The zero-order chi connectivity index (χ0) is 11.6. The van der Waals surface area contributed by atoms with Crippen LogP contribution in [-0.4, -0.2) is 18.0 Å². The van der Waals surface area contributed by atoms with Crippen LogP contribution in [0, 0.1) is 5.41 Å². The molecule has 2 aliphatic carbocycles. The predicted octanol–water partition coefficient (Wildman–Crippen LogP) is 1.95. The van der Waals surface area contributed by atoms with E-state index in [9.17, 15) is 4.79 Å². The van der Waals surface area contributed by atoms with E-state index in [1.165, 1.54) is 12.8 Å². The summed E-state index contributed by atoms with van der Waals surface area (Å²) in [5.41, 5.74) is 6.11. The third-order valence-corrected chi connectivity index (χ3v) is 4.44. The smallest absolute Gasteiger partial charge is 0.226 e. The minimum absolute atomic E-state index is 0.0131. The van der Waals surface area contributed by atoms with Gasteiger partial charge in [-0.15, -0.1) is 0 Å². The molecule has 92 valence electrons. The monoisotopic (exact) mass is 224 g/mol. The highest BCUT2D eigenvalue weighted by Gasteiger charge is 2.56. The summed E-state index contributed by atoms with van der Waals surface area (Å²) in [4.78, 5) is 12.2. The van der Waals surface area contributed by atoms with Gasteiger partial charge in [-0.1, -0.05) is 19.8 Å². The predicted molar refractivity (Wildman–Crippen MR) is 65.0 cm³/mol. The summed E-state index contributed by atoms with van der Waals surface area (Å²) in [6, 6.07) is 0. The lowest BCUT2D eigenvalue weighted by molar-refractivity contribution is -0.130. The normalized spacial score (nSPS) is 36.6. The molecule has 0 aliphatic heterocycles. The number of hydrogen-bond acceptors (Lipinski definition) is 2. The van der Waals surface area contributed by atoms with E-state index in [1.807, 2.05) is 0 Å². The number of rotatable bonds is 5. The molecule has 0 radical (unpaired) electrons. The molecule has 0 aromatic rings. The van der Waals surface area contributed by atoms with Crippen molar-refractivity contribution in [3.8, 4) is 0 Å². The maximum atomic E-state index is 12.2. The molecule has 2 aliphatic rings. The number of hydrogen-bond donors (Lipinski definition) is 2. The first-order valence-electron chi connectivity index (χ1n) is 6.67. The lowest BCUT2D eigenvalue weighted by Crippen LogP contribution is -2.38. The van der Waals surface area contributed by atoms with E-state index in [2.05, 4.69) is 12.2 Å². The quantitative estimate of drug-likeness (QED) is 0.701. The molecule has 2 rings (SSSR count). The lowest BCUT2D eigenvalue weighted by atomic mass is 9.83. The summed E-state index contributed by atoms with van der Waals surface area (Å²) in [7, 11) is 0. The highest BCUT2D eigenvalue weighted by atomic mass is 16.2. The fourth-order valence-corrected chi connectivity index (χ4v) is 3.33. The molecule has 0 aromatic carbocycles. The van der Waals surface area contributed by atoms with Gasteiger partial charge in [-0.2, -0.15) is 0 Å². The van der Waals surface area contributed by atoms with Crippen molar-refractivity contribution in [2.75, 3.05) is 6.54 Å². The molecule has 2 saturated carbocycles. The van der Waals surface area contributed by atoms with Crippen LogP contribution in [0.3, 0.4) is 0 Å². The van der Waals surface area contributed by atoms with E-state index >= 15 is 0 Å². The van der Waals surface area contributed by atoms with Gasteiger partial charge in [0.2, 0.25) is 5.91 Å². The van der Waals surface area contributed by atoms with E-state index in [0.717, 1.165) is 45.1 Å². The van der Waals surface area contributed by atoms with Gasteiger partial charge in [-0.25, -0.2) is 0 Å². The minimum atomic E-state index is -0.0963. The molecule has 0 heterocycles. The third-order valence-electron chi connectivity index (χ3n) is 4.44. The van der Waals surface area contributed by atoms with Gasteiger partial charge in [-0.3, -0.25) is 4.79 Å². The summed E-state index contributed by atoms with van der Waals surface area (Å²) in [5, 5.41) is 3.10. The van der Waals surface area contributed by atoms with Crippen molar-refractivity contribution < 1.29 is 4.79 Å². The first-order chi connectivity index (χ1) is 7.60. The highest BCUT2D eigenvalue weighted by molar-refractivity contribution is 5.83. The first kappa shape index (κ1) is 11.9. The number of fused-ring (bicyclic) bond motifs is 2. The van der Waals surface area contributed by atoms with Crippen molar-refractivity contribution in [2.24, 2.45) is 11.1 Å². The van der Waals surface area contributed by atoms with E-state index in [-0.39, 0.29) is 16.9 Å². The van der Waals surface area contributed by atoms with Crippen LogP contribution in [0.5, 0.6) is 0 Å². The van der Waals surface area contributed by atoms with Gasteiger partial charge in [0.25, 0.3) is 0 Å². The Hall–Kier alpha value is -0.570. The Bertz CT molecular complexity index is 267. The fourth-order valence-electron chi connectivity index (χ4n) is 3.33. The molecule has 16 heavy (non-hydrogen) atoms. The van der Waals surface area contributed by atoms with E-state index < -0.39 is 0 Å². The van der Waals surface area contributed by atoms with Crippen molar-refractivity contribution in [2.45, 2.75) is 63.8 Å². The molecular formula is C13H24N2O. The molecular weight excluding hydrogens is 200 g/mol. The summed E-state index contributed by atoms with van der Waals surface area (Å²) >= 11 is 0. The molecule has 2 fully saturated rings. The maximum Gasteiger partial charge on any atom is 0.226 e. The molecule has 0 unspecified atom stereocenters. The molecule has 0 spiro atoms. The Labute approximate surface area is 98.2 Å².